The standard InChI is InChI=1S/C24H28ClN7O3/c1-35-19-5-4-16(11-18(19)25)12-28-23-22(24(34)31-10-9-30-8-6-26-21(30)14-31)27-13-20(29-23)32-7-2-3-17(32)15-33/h4-6,8,11,13,17,33H,2-3,7,9-10,12,14-15H2,1H3,(H,28,29)/t17-/m0/s1. The summed E-state index contributed by atoms with van der Waals surface area (Å²) in [6.45, 7) is 2.91. The van der Waals surface area contributed by atoms with Gasteiger partial charge in [-0.15, -0.1) is 0 Å². The fourth-order valence-corrected chi connectivity index (χ4v) is 4.91. The average molecular weight is 498 g/mol. The van der Waals surface area contributed by atoms with E-state index in [0.29, 0.717) is 48.6 Å². The Hall–Kier alpha value is -3.37. The number of anilines is 2. The highest BCUT2D eigenvalue weighted by molar-refractivity contribution is 6.32. The Bertz CT molecular complexity index is 1220. The molecule has 35 heavy (non-hydrogen) atoms. The van der Waals surface area contributed by atoms with E-state index in [0.717, 1.165) is 30.8 Å². The van der Waals surface area contributed by atoms with Gasteiger partial charge in [0.2, 0.25) is 0 Å². The molecule has 0 unspecified atom stereocenters. The Kier molecular flexibility index (Phi) is 6.74. The summed E-state index contributed by atoms with van der Waals surface area (Å²) in [5, 5.41) is 13.6. The summed E-state index contributed by atoms with van der Waals surface area (Å²) in [5.41, 5.74) is 1.17. The molecular formula is C24H28ClN7O3. The molecule has 0 saturated carbocycles. The highest BCUT2D eigenvalue weighted by Gasteiger charge is 2.29. The monoisotopic (exact) mass is 497 g/mol. The minimum atomic E-state index is -0.200. The molecular weight excluding hydrogens is 470 g/mol. The average Bonchev–Trinajstić information content (AvgIpc) is 3.56. The van der Waals surface area contributed by atoms with E-state index in [1.165, 1.54) is 0 Å². The topological polar surface area (TPSA) is 109 Å². The van der Waals surface area contributed by atoms with Crippen molar-refractivity contribution in [3.63, 3.8) is 0 Å². The molecule has 1 saturated heterocycles. The van der Waals surface area contributed by atoms with E-state index >= 15 is 0 Å². The van der Waals surface area contributed by atoms with Gasteiger partial charge in [-0.3, -0.25) is 4.79 Å². The molecule has 1 atom stereocenters. The number of nitrogens with one attached hydrogen (secondary N) is 1. The van der Waals surface area contributed by atoms with Crippen LogP contribution in [0.15, 0.2) is 36.8 Å². The molecule has 0 bridgehead atoms. The number of aliphatic hydroxyl groups excluding tert-OH is 1. The van der Waals surface area contributed by atoms with Crippen LogP contribution in [0.25, 0.3) is 0 Å². The number of halogens is 1. The summed E-state index contributed by atoms with van der Waals surface area (Å²) in [4.78, 5) is 31.0. The van der Waals surface area contributed by atoms with Gasteiger partial charge in [-0.1, -0.05) is 17.7 Å². The first-order valence-corrected chi connectivity index (χ1v) is 12.0. The van der Waals surface area contributed by atoms with Gasteiger partial charge in [0.15, 0.2) is 11.5 Å². The van der Waals surface area contributed by atoms with E-state index in [4.69, 9.17) is 21.3 Å². The number of carbonyl (C=O) groups is 1. The van der Waals surface area contributed by atoms with Crippen LogP contribution < -0.4 is 15.0 Å². The number of imidazole rings is 1. The maximum Gasteiger partial charge on any atom is 0.276 e. The number of methoxy groups -OCH3 is 1. The van der Waals surface area contributed by atoms with Gasteiger partial charge in [-0.25, -0.2) is 15.0 Å². The van der Waals surface area contributed by atoms with Gasteiger partial charge in [0.1, 0.15) is 17.4 Å². The van der Waals surface area contributed by atoms with Crippen LogP contribution in [0.1, 0.15) is 34.7 Å². The van der Waals surface area contributed by atoms with Crippen LogP contribution in [-0.4, -0.2) is 68.3 Å². The summed E-state index contributed by atoms with van der Waals surface area (Å²) < 4.78 is 7.28. The van der Waals surface area contributed by atoms with Crippen molar-refractivity contribution in [1.29, 1.82) is 0 Å². The largest absolute Gasteiger partial charge is 0.495 e. The zero-order chi connectivity index (χ0) is 24.4. The molecule has 2 aromatic heterocycles. The van der Waals surface area contributed by atoms with Crippen LogP contribution in [0, 0.1) is 0 Å². The Labute approximate surface area is 208 Å². The number of hydrogen-bond acceptors (Lipinski definition) is 8. The Morgan fingerprint density at radius 1 is 1.29 bits per heavy atom. The SMILES string of the molecule is COc1ccc(CNc2nc(N3CCC[C@H]3CO)cnc2C(=O)N2CCn3ccnc3C2)cc1Cl. The minimum Gasteiger partial charge on any atom is -0.495 e. The normalized spacial score (nSPS) is 17.4. The highest BCUT2D eigenvalue weighted by Crippen LogP contribution is 2.28. The molecule has 4 heterocycles. The molecule has 10 nitrogen and oxygen atoms in total. The van der Waals surface area contributed by atoms with Crippen LogP contribution in [0.4, 0.5) is 11.6 Å². The Morgan fingerprint density at radius 3 is 2.97 bits per heavy atom. The smallest absolute Gasteiger partial charge is 0.276 e. The van der Waals surface area contributed by atoms with Crippen molar-refractivity contribution in [2.75, 3.05) is 37.0 Å². The van der Waals surface area contributed by atoms with Crippen LogP contribution in [0.2, 0.25) is 5.02 Å². The molecule has 3 aromatic rings. The van der Waals surface area contributed by atoms with Crippen molar-refractivity contribution in [3.05, 3.63) is 58.9 Å². The van der Waals surface area contributed by atoms with Crippen molar-refractivity contribution < 1.29 is 14.6 Å². The Morgan fingerprint density at radius 2 is 2.17 bits per heavy atom. The molecule has 2 N–H and O–H groups in total. The number of nitrogens with zero attached hydrogens (tertiary/aromatic N) is 6. The lowest BCUT2D eigenvalue weighted by atomic mass is 10.2. The minimum absolute atomic E-state index is 0.0000481. The summed E-state index contributed by atoms with van der Waals surface area (Å²) in [6.07, 6.45) is 7.17. The maximum atomic E-state index is 13.5. The number of aliphatic hydroxyl groups is 1. The molecule has 5 rings (SSSR count). The molecule has 1 aromatic carbocycles. The van der Waals surface area contributed by atoms with Gasteiger partial charge in [-0.2, -0.15) is 0 Å². The molecule has 1 amide bonds. The van der Waals surface area contributed by atoms with Crippen molar-refractivity contribution in [2.45, 2.75) is 38.5 Å². The van der Waals surface area contributed by atoms with Gasteiger partial charge in [0.05, 0.1) is 37.5 Å². The van der Waals surface area contributed by atoms with E-state index in [9.17, 15) is 9.90 Å². The van der Waals surface area contributed by atoms with Crippen molar-refractivity contribution in [1.82, 2.24) is 24.4 Å². The second kappa shape index (κ2) is 10.1. The predicted octanol–water partition coefficient (Wildman–Crippen LogP) is 2.56. The van der Waals surface area contributed by atoms with Crippen LogP contribution in [0.5, 0.6) is 5.75 Å². The number of fused-ring (bicyclic) bond motifs is 1. The summed E-state index contributed by atoms with van der Waals surface area (Å²) in [6, 6.07) is 5.53. The first-order chi connectivity index (χ1) is 17.1. The third-order valence-electron chi connectivity index (χ3n) is 6.55. The molecule has 184 valence electrons. The van der Waals surface area contributed by atoms with Crippen LogP contribution in [-0.2, 0) is 19.6 Å². The molecule has 0 aliphatic carbocycles. The zero-order valence-electron chi connectivity index (χ0n) is 19.5. The number of ether oxygens (including phenoxy) is 1. The van der Waals surface area contributed by atoms with Crippen LogP contribution >= 0.6 is 11.6 Å². The second-order valence-electron chi connectivity index (χ2n) is 8.68. The molecule has 2 aliphatic rings. The number of aromatic nitrogens is 4. The van der Waals surface area contributed by atoms with Crippen molar-refractivity contribution in [2.24, 2.45) is 0 Å². The van der Waals surface area contributed by atoms with Crippen molar-refractivity contribution >= 4 is 29.1 Å². The van der Waals surface area contributed by atoms with E-state index in [-0.39, 0.29) is 24.2 Å². The summed E-state index contributed by atoms with van der Waals surface area (Å²) in [5.74, 6) is 2.29. The van der Waals surface area contributed by atoms with Gasteiger partial charge in [-0.05, 0) is 30.5 Å². The van der Waals surface area contributed by atoms with Gasteiger partial charge < -0.3 is 29.5 Å². The predicted molar refractivity (Wildman–Crippen MR) is 132 cm³/mol. The quantitative estimate of drug-likeness (QED) is 0.512. The summed E-state index contributed by atoms with van der Waals surface area (Å²) in [7, 11) is 1.57. The lowest BCUT2D eigenvalue weighted by molar-refractivity contribution is 0.0702. The van der Waals surface area contributed by atoms with Crippen LogP contribution in [0.3, 0.4) is 0 Å². The maximum absolute atomic E-state index is 13.5. The third kappa shape index (κ3) is 4.76. The first kappa shape index (κ1) is 23.4. The lowest BCUT2D eigenvalue weighted by Gasteiger charge is -2.28. The van der Waals surface area contributed by atoms with Gasteiger partial charge >= 0.3 is 0 Å². The third-order valence-corrected chi connectivity index (χ3v) is 6.85. The molecule has 11 heteroatoms. The fourth-order valence-electron chi connectivity index (χ4n) is 4.63. The molecule has 2 aliphatic heterocycles. The summed E-state index contributed by atoms with van der Waals surface area (Å²) >= 11 is 6.29. The van der Waals surface area contributed by atoms with E-state index in [1.54, 1.807) is 30.5 Å². The molecule has 0 radical (unpaired) electrons. The molecule has 0 spiro atoms. The Balaban J connectivity index is 1.42. The number of carbonyl (C=O) groups excluding carboxylic acids is 1. The fraction of sp³-hybridized carbons (Fsp3) is 0.417. The lowest BCUT2D eigenvalue weighted by Crippen LogP contribution is -2.39. The zero-order valence-corrected chi connectivity index (χ0v) is 20.3. The van der Waals surface area contributed by atoms with Gasteiger partial charge in [0.25, 0.3) is 5.91 Å². The first-order valence-electron chi connectivity index (χ1n) is 11.7. The number of rotatable bonds is 7. The van der Waals surface area contributed by atoms with E-state index in [2.05, 4.69) is 15.3 Å². The van der Waals surface area contributed by atoms with Gasteiger partial charge in [0, 0.05) is 38.6 Å². The van der Waals surface area contributed by atoms with Crippen molar-refractivity contribution in [3.8, 4) is 5.75 Å². The highest BCUT2D eigenvalue weighted by atomic mass is 35.5. The molecule has 1 fully saturated rings. The van der Waals surface area contributed by atoms with E-state index < -0.39 is 0 Å². The second-order valence-corrected chi connectivity index (χ2v) is 9.09. The number of amides is 1. The van der Waals surface area contributed by atoms with E-state index in [1.807, 2.05) is 27.8 Å². The number of benzene rings is 1. The number of hydrogen-bond donors (Lipinski definition) is 2.